The summed E-state index contributed by atoms with van der Waals surface area (Å²) in [6, 6.07) is 9.00. The van der Waals surface area contributed by atoms with E-state index in [4.69, 9.17) is 4.98 Å². The lowest BCUT2D eigenvalue weighted by Gasteiger charge is -2.32. The minimum absolute atomic E-state index is 0.426. The van der Waals surface area contributed by atoms with Gasteiger partial charge in [0.1, 0.15) is 5.82 Å². The Bertz CT molecular complexity index is 581. The summed E-state index contributed by atoms with van der Waals surface area (Å²) < 4.78 is 2.46. The third-order valence-corrected chi connectivity index (χ3v) is 4.73. The highest BCUT2D eigenvalue weighted by Crippen LogP contribution is 2.27. The quantitative estimate of drug-likeness (QED) is 0.812. The van der Waals surface area contributed by atoms with Crippen LogP contribution in [0.25, 0.3) is 11.0 Å². The number of unbranched alkanes of at least 4 members (excludes halogenated alkanes) is 1. The minimum Gasteiger partial charge on any atom is -0.327 e. The number of aromatic nitrogens is 2. The van der Waals surface area contributed by atoms with Crippen molar-refractivity contribution in [3.8, 4) is 0 Å². The number of hydrogen-bond acceptors (Lipinski definition) is 2. The van der Waals surface area contributed by atoms with Gasteiger partial charge in [-0.05, 0) is 51.4 Å². The molecule has 1 aromatic heterocycles. The Labute approximate surface area is 128 Å². The second kappa shape index (κ2) is 6.61. The van der Waals surface area contributed by atoms with E-state index < -0.39 is 0 Å². The molecule has 1 fully saturated rings. The highest BCUT2D eigenvalue weighted by molar-refractivity contribution is 5.76. The van der Waals surface area contributed by atoms with Crippen LogP contribution in [0.4, 0.5) is 0 Å². The van der Waals surface area contributed by atoms with Crippen molar-refractivity contribution in [2.45, 2.75) is 58.5 Å². The van der Waals surface area contributed by atoms with E-state index in [1.165, 1.54) is 56.5 Å². The van der Waals surface area contributed by atoms with Gasteiger partial charge < -0.3 is 4.57 Å². The normalized spacial score (nSPS) is 18.2. The van der Waals surface area contributed by atoms with Crippen molar-refractivity contribution in [2.75, 3.05) is 13.1 Å². The van der Waals surface area contributed by atoms with Crippen LogP contribution in [0.15, 0.2) is 24.3 Å². The van der Waals surface area contributed by atoms with E-state index in [1.807, 2.05) is 0 Å². The van der Waals surface area contributed by atoms with Crippen LogP contribution in [0.2, 0.25) is 0 Å². The number of piperidine rings is 1. The monoisotopic (exact) mass is 285 g/mol. The zero-order valence-corrected chi connectivity index (χ0v) is 13.4. The summed E-state index contributed by atoms with van der Waals surface area (Å²) in [4.78, 5) is 7.57. The molecular formula is C18H27N3. The molecule has 1 saturated heterocycles. The van der Waals surface area contributed by atoms with Crippen LogP contribution < -0.4 is 0 Å². The standard InChI is InChI=1S/C18H27N3/c1-3-4-14-21-17-11-7-6-10-16(17)19-18(21)15(2)20-12-8-5-9-13-20/h6-7,10-11,15H,3-5,8-9,12-14H2,1-2H3/t15-/m0/s1. The van der Waals surface area contributed by atoms with Crippen molar-refractivity contribution in [1.82, 2.24) is 14.5 Å². The van der Waals surface area contributed by atoms with Crippen LogP contribution in [0, 0.1) is 0 Å². The molecule has 2 aromatic rings. The smallest absolute Gasteiger partial charge is 0.127 e. The van der Waals surface area contributed by atoms with Crippen molar-refractivity contribution in [3.63, 3.8) is 0 Å². The second-order valence-electron chi connectivity index (χ2n) is 6.24. The summed E-state index contributed by atoms with van der Waals surface area (Å²) in [5.41, 5.74) is 2.44. The number of aryl methyl sites for hydroxylation is 1. The lowest BCUT2D eigenvalue weighted by molar-refractivity contribution is 0.166. The molecule has 114 valence electrons. The van der Waals surface area contributed by atoms with Gasteiger partial charge in [-0.3, -0.25) is 4.90 Å². The first-order valence-electron chi connectivity index (χ1n) is 8.50. The summed E-state index contributed by atoms with van der Waals surface area (Å²) >= 11 is 0. The SMILES string of the molecule is CCCCn1c([C@H](C)N2CCCCC2)nc2ccccc21. The van der Waals surface area contributed by atoms with Gasteiger partial charge in [0.25, 0.3) is 0 Å². The van der Waals surface area contributed by atoms with Crippen molar-refractivity contribution in [1.29, 1.82) is 0 Å². The number of rotatable bonds is 5. The minimum atomic E-state index is 0.426. The molecule has 0 spiro atoms. The Morgan fingerprint density at radius 1 is 1.14 bits per heavy atom. The molecule has 2 heterocycles. The molecule has 0 radical (unpaired) electrons. The first kappa shape index (κ1) is 14.6. The predicted molar refractivity (Wildman–Crippen MR) is 88.5 cm³/mol. The van der Waals surface area contributed by atoms with Gasteiger partial charge in [0.15, 0.2) is 0 Å². The Kier molecular flexibility index (Phi) is 4.59. The Morgan fingerprint density at radius 3 is 2.67 bits per heavy atom. The molecule has 0 aliphatic carbocycles. The molecule has 21 heavy (non-hydrogen) atoms. The van der Waals surface area contributed by atoms with Crippen LogP contribution in [-0.4, -0.2) is 27.5 Å². The largest absolute Gasteiger partial charge is 0.327 e. The maximum absolute atomic E-state index is 4.96. The van der Waals surface area contributed by atoms with Crippen LogP contribution in [0.1, 0.15) is 57.8 Å². The Hall–Kier alpha value is -1.35. The summed E-state index contributed by atoms with van der Waals surface area (Å²) in [5, 5.41) is 0. The molecular weight excluding hydrogens is 258 g/mol. The average molecular weight is 285 g/mol. The zero-order valence-electron chi connectivity index (χ0n) is 13.4. The molecule has 0 saturated carbocycles. The summed E-state index contributed by atoms with van der Waals surface area (Å²) in [5.74, 6) is 1.26. The Balaban J connectivity index is 1.95. The van der Waals surface area contributed by atoms with E-state index in [0.29, 0.717) is 6.04 Å². The van der Waals surface area contributed by atoms with E-state index in [2.05, 4.69) is 47.6 Å². The van der Waals surface area contributed by atoms with E-state index in [0.717, 1.165) is 12.1 Å². The van der Waals surface area contributed by atoms with Gasteiger partial charge in [-0.1, -0.05) is 31.9 Å². The molecule has 3 nitrogen and oxygen atoms in total. The number of imidazole rings is 1. The van der Waals surface area contributed by atoms with Gasteiger partial charge in [-0.2, -0.15) is 0 Å². The van der Waals surface area contributed by atoms with Crippen LogP contribution in [0.5, 0.6) is 0 Å². The molecule has 1 aliphatic rings. The van der Waals surface area contributed by atoms with Gasteiger partial charge in [-0.25, -0.2) is 4.98 Å². The molecule has 1 aliphatic heterocycles. The summed E-state index contributed by atoms with van der Waals surface area (Å²) in [7, 11) is 0. The second-order valence-corrected chi connectivity index (χ2v) is 6.24. The summed E-state index contributed by atoms with van der Waals surface area (Å²) in [6.45, 7) is 8.11. The first-order valence-corrected chi connectivity index (χ1v) is 8.50. The van der Waals surface area contributed by atoms with E-state index in [1.54, 1.807) is 0 Å². The van der Waals surface area contributed by atoms with Gasteiger partial charge in [0, 0.05) is 6.54 Å². The number of likely N-dealkylation sites (tertiary alicyclic amines) is 1. The van der Waals surface area contributed by atoms with Crippen LogP contribution >= 0.6 is 0 Å². The molecule has 1 aromatic carbocycles. The number of hydrogen-bond donors (Lipinski definition) is 0. The topological polar surface area (TPSA) is 21.1 Å². The van der Waals surface area contributed by atoms with E-state index in [9.17, 15) is 0 Å². The number of fused-ring (bicyclic) bond motifs is 1. The fourth-order valence-corrected chi connectivity index (χ4v) is 3.43. The average Bonchev–Trinajstić information content (AvgIpc) is 2.91. The van der Waals surface area contributed by atoms with Crippen LogP contribution in [-0.2, 0) is 6.54 Å². The third kappa shape index (κ3) is 2.98. The molecule has 0 N–H and O–H groups in total. The van der Waals surface area contributed by atoms with Gasteiger partial charge in [0.05, 0.1) is 17.1 Å². The molecule has 0 bridgehead atoms. The predicted octanol–water partition coefficient (Wildman–Crippen LogP) is 4.38. The van der Waals surface area contributed by atoms with Crippen molar-refractivity contribution < 1.29 is 0 Å². The third-order valence-electron chi connectivity index (χ3n) is 4.73. The highest BCUT2D eigenvalue weighted by Gasteiger charge is 2.23. The Morgan fingerprint density at radius 2 is 1.90 bits per heavy atom. The summed E-state index contributed by atoms with van der Waals surface area (Å²) in [6.07, 6.45) is 6.50. The zero-order chi connectivity index (χ0) is 14.7. The van der Waals surface area contributed by atoms with Crippen molar-refractivity contribution in [3.05, 3.63) is 30.1 Å². The fraction of sp³-hybridized carbons (Fsp3) is 0.611. The number of para-hydroxylation sites is 2. The molecule has 1 atom stereocenters. The maximum atomic E-state index is 4.96. The molecule has 3 rings (SSSR count). The first-order chi connectivity index (χ1) is 10.3. The lowest BCUT2D eigenvalue weighted by atomic mass is 10.1. The molecule has 3 heteroatoms. The number of nitrogens with zero attached hydrogens (tertiary/aromatic N) is 3. The van der Waals surface area contributed by atoms with Crippen molar-refractivity contribution >= 4 is 11.0 Å². The van der Waals surface area contributed by atoms with Gasteiger partial charge in [0.2, 0.25) is 0 Å². The van der Waals surface area contributed by atoms with Crippen LogP contribution in [0.3, 0.4) is 0 Å². The van der Waals surface area contributed by atoms with Gasteiger partial charge >= 0.3 is 0 Å². The fourth-order valence-electron chi connectivity index (χ4n) is 3.43. The number of benzene rings is 1. The van der Waals surface area contributed by atoms with Gasteiger partial charge in [-0.15, -0.1) is 0 Å². The molecule has 0 amide bonds. The van der Waals surface area contributed by atoms with E-state index in [-0.39, 0.29) is 0 Å². The maximum Gasteiger partial charge on any atom is 0.127 e. The lowest BCUT2D eigenvalue weighted by Crippen LogP contribution is -2.33. The van der Waals surface area contributed by atoms with Crippen molar-refractivity contribution in [2.24, 2.45) is 0 Å². The highest BCUT2D eigenvalue weighted by atomic mass is 15.2. The molecule has 0 unspecified atom stereocenters. The van der Waals surface area contributed by atoms with E-state index >= 15 is 0 Å².